The number of hydrogen-bond acceptors (Lipinski definition) is 3. The fraction of sp³-hybridized carbons (Fsp3) is 0.571. The molecule has 92 valence electrons. The van der Waals surface area contributed by atoms with E-state index in [1.54, 1.807) is 0 Å². The lowest BCUT2D eigenvalue weighted by Crippen LogP contribution is -2.25. The zero-order chi connectivity index (χ0) is 11.9. The van der Waals surface area contributed by atoms with Gasteiger partial charge in [0.2, 0.25) is 0 Å². The first kappa shape index (κ1) is 11.4. The fourth-order valence-corrected chi connectivity index (χ4v) is 3.54. The minimum atomic E-state index is -0.637. The van der Waals surface area contributed by atoms with Crippen molar-refractivity contribution in [3.05, 3.63) is 29.8 Å². The Morgan fingerprint density at radius 3 is 2.53 bits per heavy atom. The molecule has 0 radical (unpaired) electrons. The summed E-state index contributed by atoms with van der Waals surface area (Å²) in [4.78, 5) is 0. The normalized spacial score (nSPS) is 32.7. The molecule has 0 spiro atoms. The van der Waals surface area contributed by atoms with Gasteiger partial charge in [0.05, 0.1) is 11.7 Å². The quantitative estimate of drug-likeness (QED) is 0.894. The van der Waals surface area contributed by atoms with Crippen LogP contribution in [0.5, 0.6) is 5.75 Å². The second kappa shape index (κ2) is 4.21. The maximum Gasteiger partial charge on any atom is 0.119 e. The highest BCUT2D eigenvalue weighted by Crippen LogP contribution is 2.41. The first-order valence-electron chi connectivity index (χ1n) is 6.27. The second-order valence-electron chi connectivity index (χ2n) is 5.20. The summed E-state index contributed by atoms with van der Waals surface area (Å²) in [5, 5.41) is 11.1. The van der Waals surface area contributed by atoms with Crippen molar-refractivity contribution in [1.29, 1.82) is 0 Å². The van der Waals surface area contributed by atoms with Gasteiger partial charge in [-0.25, -0.2) is 0 Å². The van der Waals surface area contributed by atoms with Crippen molar-refractivity contribution in [1.82, 2.24) is 0 Å². The molecule has 2 aliphatic rings. The van der Waals surface area contributed by atoms with Gasteiger partial charge in [-0.1, -0.05) is 19.1 Å². The summed E-state index contributed by atoms with van der Waals surface area (Å²) in [7, 11) is 0. The van der Waals surface area contributed by atoms with E-state index < -0.39 is 5.60 Å². The second-order valence-corrected chi connectivity index (χ2v) is 6.63. The first-order valence-corrected chi connectivity index (χ1v) is 7.32. The average Bonchev–Trinajstić information content (AvgIpc) is 3.05. The zero-order valence-electron chi connectivity index (χ0n) is 10.1. The lowest BCUT2D eigenvalue weighted by Gasteiger charge is -2.22. The van der Waals surface area contributed by atoms with Crippen molar-refractivity contribution in [3.63, 3.8) is 0 Å². The largest absolute Gasteiger partial charge is 0.490 e. The topological polar surface area (TPSA) is 29.5 Å². The number of rotatable bonds is 3. The van der Waals surface area contributed by atoms with Crippen LogP contribution in [0.4, 0.5) is 0 Å². The smallest absolute Gasteiger partial charge is 0.119 e. The molecule has 1 saturated heterocycles. The molecule has 1 aromatic carbocycles. The standard InChI is InChI=1S/C14H18O2S/c1-10-8-14(15,9-17-10)11-2-4-12(5-3-11)16-13-6-7-13/h2-5,10,13,15H,6-9H2,1H3. The van der Waals surface area contributed by atoms with Crippen molar-refractivity contribution in [2.45, 2.75) is 43.1 Å². The van der Waals surface area contributed by atoms with Crippen LogP contribution in [0, 0.1) is 0 Å². The predicted molar refractivity (Wildman–Crippen MR) is 70.5 cm³/mol. The number of thioether (sulfide) groups is 1. The highest BCUT2D eigenvalue weighted by atomic mass is 32.2. The van der Waals surface area contributed by atoms with E-state index in [-0.39, 0.29) is 0 Å². The van der Waals surface area contributed by atoms with Crippen LogP contribution >= 0.6 is 11.8 Å². The Morgan fingerprint density at radius 1 is 1.29 bits per heavy atom. The molecular formula is C14H18O2S. The Bertz CT molecular complexity index is 399. The molecule has 1 N–H and O–H groups in total. The van der Waals surface area contributed by atoms with Crippen LogP contribution in [0.1, 0.15) is 31.7 Å². The van der Waals surface area contributed by atoms with Gasteiger partial charge in [0, 0.05) is 11.0 Å². The van der Waals surface area contributed by atoms with Gasteiger partial charge in [0.15, 0.2) is 0 Å². The van der Waals surface area contributed by atoms with Crippen molar-refractivity contribution in [2.75, 3.05) is 5.75 Å². The zero-order valence-corrected chi connectivity index (χ0v) is 10.9. The van der Waals surface area contributed by atoms with Crippen LogP contribution in [-0.2, 0) is 5.60 Å². The highest BCUT2D eigenvalue weighted by molar-refractivity contribution is 8.00. The monoisotopic (exact) mass is 250 g/mol. The molecule has 2 fully saturated rings. The summed E-state index contributed by atoms with van der Waals surface area (Å²) in [6.07, 6.45) is 3.64. The molecule has 2 nitrogen and oxygen atoms in total. The van der Waals surface area contributed by atoms with Crippen LogP contribution in [0.3, 0.4) is 0 Å². The van der Waals surface area contributed by atoms with Crippen LogP contribution in [0.25, 0.3) is 0 Å². The van der Waals surface area contributed by atoms with Gasteiger partial charge in [-0.05, 0) is 37.0 Å². The van der Waals surface area contributed by atoms with Gasteiger partial charge in [-0.2, -0.15) is 11.8 Å². The minimum absolute atomic E-state index is 0.436. The number of hydrogen-bond donors (Lipinski definition) is 1. The molecule has 17 heavy (non-hydrogen) atoms. The summed E-state index contributed by atoms with van der Waals surface area (Å²) in [6.45, 7) is 2.17. The number of aliphatic hydroxyl groups is 1. The van der Waals surface area contributed by atoms with Crippen LogP contribution < -0.4 is 4.74 Å². The van der Waals surface area contributed by atoms with Gasteiger partial charge >= 0.3 is 0 Å². The van der Waals surface area contributed by atoms with Crippen molar-refractivity contribution in [3.8, 4) is 5.75 Å². The van der Waals surface area contributed by atoms with Gasteiger partial charge in [-0.3, -0.25) is 0 Å². The van der Waals surface area contributed by atoms with E-state index in [0.717, 1.165) is 23.5 Å². The van der Waals surface area contributed by atoms with Gasteiger partial charge in [0.1, 0.15) is 5.75 Å². The summed E-state index contributed by atoms with van der Waals surface area (Å²) < 4.78 is 5.71. The average molecular weight is 250 g/mol. The molecule has 1 aliphatic carbocycles. The molecule has 2 unspecified atom stereocenters. The number of ether oxygens (including phenoxy) is 1. The maximum atomic E-state index is 10.6. The van der Waals surface area contributed by atoms with E-state index in [1.807, 2.05) is 36.0 Å². The maximum absolute atomic E-state index is 10.6. The van der Waals surface area contributed by atoms with Crippen LogP contribution in [0.15, 0.2) is 24.3 Å². The summed E-state index contributed by atoms with van der Waals surface area (Å²) >= 11 is 1.84. The van der Waals surface area contributed by atoms with Gasteiger partial charge < -0.3 is 9.84 Å². The molecule has 3 rings (SSSR count). The Balaban J connectivity index is 1.74. The molecule has 1 aromatic rings. The molecule has 2 atom stereocenters. The van der Waals surface area contributed by atoms with Crippen molar-refractivity contribution in [2.24, 2.45) is 0 Å². The highest BCUT2D eigenvalue weighted by Gasteiger charge is 2.37. The molecule has 1 saturated carbocycles. The van der Waals surface area contributed by atoms with E-state index in [0.29, 0.717) is 11.4 Å². The van der Waals surface area contributed by atoms with Crippen LogP contribution in [0.2, 0.25) is 0 Å². The Hall–Kier alpha value is -0.670. The summed E-state index contributed by atoms with van der Waals surface area (Å²) in [6, 6.07) is 7.99. The molecule has 1 aliphatic heterocycles. The first-order chi connectivity index (χ1) is 8.16. The Labute approximate surface area is 106 Å². The van der Waals surface area contributed by atoms with E-state index >= 15 is 0 Å². The van der Waals surface area contributed by atoms with Gasteiger partial charge in [-0.15, -0.1) is 0 Å². The molecular weight excluding hydrogens is 232 g/mol. The van der Waals surface area contributed by atoms with E-state index in [1.165, 1.54) is 12.8 Å². The minimum Gasteiger partial charge on any atom is -0.490 e. The molecule has 0 aromatic heterocycles. The van der Waals surface area contributed by atoms with E-state index in [2.05, 4.69) is 6.92 Å². The molecule has 0 amide bonds. The third kappa shape index (κ3) is 2.45. The van der Waals surface area contributed by atoms with E-state index in [4.69, 9.17) is 4.74 Å². The van der Waals surface area contributed by atoms with E-state index in [9.17, 15) is 5.11 Å². The molecule has 0 bridgehead atoms. The third-order valence-electron chi connectivity index (χ3n) is 3.45. The SMILES string of the molecule is CC1CC(O)(c2ccc(OC3CC3)cc2)CS1. The summed E-state index contributed by atoms with van der Waals surface area (Å²) in [5.74, 6) is 1.73. The lowest BCUT2D eigenvalue weighted by atomic mass is 9.91. The predicted octanol–water partition coefficient (Wildman–Crippen LogP) is 2.94. The molecule has 1 heterocycles. The molecule has 3 heteroatoms. The summed E-state index contributed by atoms with van der Waals surface area (Å²) in [5.41, 5.74) is 0.389. The lowest BCUT2D eigenvalue weighted by molar-refractivity contribution is 0.0611. The third-order valence-corrected chi connectivity index (χ3v) is 4.83. The number of benzene rings is 1. The van der Waals surface area contributed by atoms with Crippen LogP contribution in [-0.4, -0.2) is 22.2 Å². The Morgan fingerprint density at radius 2 is 2.00 bits per heavy atom. The Kier molecular flexibility index (Phi) is 2.83. The fourth-order valence-electron chi connectivity index (χ4n) is 2.30. The van der Waals surface area contributed by atoms with Crippen molar-refractivity contribution < 1.29 is 9.84 Å². The van der Waals surface area contributed by atoms with Gasteiger partial charge in [0.25, 0.3) is 0 Å². The van der Waals surface area contributed by atoms with Crippen molar-refractivity contribution >= 4 is 11.8 Å².